The Bertz CT molecular complexity index is 487. The second kappa shape index (κ2) is 7.47. The number of piperidine rings is 1. The third kappa shape index (κ3) is 3.82. The Labute approximate surface area is 139 Å². The maximum atomic E-state index is 12.8. The summed E-state index contributed by atoms with van der Waals surface area (Å²) in [7, 11) is 0. The molecule has 1 aromatic rings. The number of carbonyl (C=O) groups excluding carboxylic acids is 1. The fraction of sp³-hybridized carbons (Fsp3) is 0.611. The minimum Gasteiger partial charge on any atom is -0.353 e. The molecule has 3 rings (SSSR count). The molecule has 1 aromatic carbocycles. The van der Waals surface area contributed by atoms with Gasteiger partial charge in [0.1, 0.15) is 0 Å². The van der Waals surface area contributed by atoms with Gasteiger partial charge >= 0.3 is 0 Å². The first-order valence-corrected chi connectivity index (χ1v) is 8.26. The molecular weight excluding hydrogens is 296 g/mol. The Kier molecular flexibility index (Phi) is 5.87. The van der Waals surface area contributed by atoms with Gasteiger partial charge in [0, 0.05) is 12.1 Å². The van der Waals surface area contributed by atoms with Gasteiger partial charge in [0.25, 0.3) is 0 Å². The normalized spacial score (nSPS) is 26.4. The van der Waals surface area contributed by atoms with E-state index in [1.54, 1.807) is 0 Å². The number of rotatable bonds is 4. The molecule has 0 bridgehead atoms. The highest BCUT2D eigenvalue weighted by Crippen LogP contribution is 2.44. The smallest absolute Gasteiger partial charge is 0.226 e. The lowest BCUT2D eigenvalue weighted by Gasteiger charge is -2.42. The predicted molar refractivity (Wildman–Crippen MR) is 92.3 cm³/mol. The first kappa shape index (κ1) is 17.3. The van der Waals surface area contributed by atoms with Crippen molar-refractivity contribution < 1.29 is 4.79 Å². The fourth-order valence-electron chi connectivity index (χ4n) is 3.68. The van der Waals surface area contributed by atoms with Crippen molar-refractivity contribution in [3.05, 3.63) is 35.9 Å². The molecule has 22 heavy (non-hydrogen) atoms. The van der Waals surface area contributed by atoms with E-state index >= 15 is 0 Å². The van der Waals surface area contributed by atoms with Gasteiger partial charge in [-0.05, 0) is 51.1 Å². The number of hydrogen-bond donors (Lipinski definition) is 2. The fourth-order valence-corrected chi connectivity index (χ4v) is 3.68. The number of nitrogens with one attached hydrogen (secondary N) is 2. The minimum absolute atomic E-state index is 0. The van der Waals surface area contributed by atoms with E-state index in [4.69, 9.17) is 0 Å². The van der Waals surface area contributed by atoms with E-state index in [1.807, 2.05) is 6.07 Å². The lowest BCUT2D eigenvalue weighted by atomic mass is 9.64. The summed E-state index contributed by atoms with van der Waals surface area (Å²) >= 11 is 0. The zero-order valence-corrected chi connectivity index (χ0v) is 14.1. The summed E-state index contributed by atoms with van der Waals surface area (Å²) < 4.78 is 0. The van der Waals surface area contributed by atoms with Crippen LogP contribution in [-0.2, 0) is 11.2 Å². The number of carbonyl (C=O) groups is 1. The van der Waals surface area contributed by atoms with Crippen molar-refractivity contribution in [2.45, 2.75) is 57.5 Å². The van der Waals surface area contributed by atoms with Gasteiger partial charge in [0.2, 0.25) is 5.91 Å². The van der Waals surface area contributed by atoms with Crippen molar-refractivity contribution in [1.29, 1.82) is 0 Å². The number of amides is 1. The largest absolute Gasteiger partial charge is 0.353 e. The van der Waals surface area contributed by atoms with Crippen LogP contribution >= 0.6 is 12.4 Å². The summed E-state index contributed by atoms with van der Waals surface area (Å²) in [5, 5.41) is 6.77. The summed E-state index contributed by atoms with van der Waals surface area (Å²) in [5.74, 6) is 0.289. The Morgan fingerprint density at radius 3 is 2.64 bits per heavy atom. The molecule has 1 heterocycles. The molecule has 1 saturated carbocycles. The number of halogens is 1. The molecule has 0 radical (unpaired) electrons. The van der Waals surface area contributed by atoms with Crippen LogP contribution in [0.15, 0.2) is 30.3 Å². The molecule has 2 unspecified atom stereocenters. The van der Waals surface area contributed by atoms with Crippen LogP contribution in [0.25, 0.3) is 0 Å². The zero-order chi connectivity index (χ0) is 14.7. The van der Waals surface area contributed by atoms with Crippen molar-refractivity contribution in [1.82, 2.24) is 10.6 Å². The van der Waals surface area contributed by atoms with E-state index in [9.17, 15) is 4.79 Å². The van der Waals surface area contributed by atoms with Crippen LogP contribution in [0.3, 0.4) is 0 Å². The highest BCUT2D eigenvalue weighted by molar-refractivity contribution is 5.85. The summed E-state index contributed by atoms with van der Waals surface area (Å²) in [6, 6.07) is 11.3. The van der Waals surface area contributed by atoms with Gasteiger partial charge in [-0.2, -0.15) is 0 Å². The second-order valence-corrected chi connectivity index (χ2v) is 6.85. The summed E-state index contributed by atoms with van der Waals surface area (Å²) in [6.07, 6.45) is 6.25. The van der Waals surface area contributed by atoms with Gasteiger partial charge in [-0.15, -0.1) is 12.4 Å². The van der Waals surface area contributed by atoms with E-state index in [-0.39, 0.29) is 23.7 Å². The zero-order valence-electron chi connectivity index (χ0n) is 13.3. The SMILES string of the molecule is CC1CC(NC(=O)C2(Cc3ccccc3)CCC2)CCN1.Cl. The third-order valence-corrected chi connectivity index (χ3v) is 5.14. The maximum Gasteiger partial charge on any atom is 0.226 e. The van der Waals surface area contributed by atoms with Crippen LogP contribution in [0, 0.1) is 5.41 Å². The van der Waals surface area contributed by atoms with Gasteiger partial charge in [-0.1, -0.05) is 36.8 Å². The van der Waals surface area contributed by atoms with Gasteiger partial charge in [0.15, 0.2) is 0 Å². The van der Waals surface area contributed by atoms with E-state index in [0.717, 1.165) is 38.6 Å². The monoisotopic (exact) mass is 322 g/mol. The second-order valence-electron chi connectivity index (χ2n) is 6.85. The lowest BCUT2D eigenvalue weighted by molar-refractivity contribution is -0.137. The molecule has 0 aromatic heterocycles. The molecule has 0 spiro atoms. The van der Waals surface area contributed by atoms with Crippen molar-refractivity contribution in [2.24, 2.45) is 5.41 Å². The van der Waals surface area contributed by atoms with E-state index in [0.29, 0.717) is 12.1 Å². The molecular formula is C18H27ClN2O. The van der Waals surface area contributed by atoms with Gasteiger partial charge in [0.05, 0.1) is 5.41 Å². The van der Waals surface area contributed by atoms with Crippen LogP contribution in [-0.4, -0.2) is 24.5 Å². The molecule has 2 aliphatic rings. The first-order chi connectivity index (χ1) is 10.2. The standard InChI is InChI=1S/C18H26N2O.ClH/c1-14-12-16(8-11-19-14)20-17(21)18(9-5-10-18)13-15-6-3-2-4-7-15;/h2-4,6-7,14,16,19H,5,8-13H2,1H3,(H,20,21);1H. The third-order valence-electron chi connectivity index (χ3n) is 5.14. The van der Waals surface area contributed by atoms with Crippen LogP contribution < -0.4 is 10.6 Å². The molecule has 4 heteroatoms. The summed E-state index contributed by atoms with van der Waals surface area (Å²) in [6.45, 7) is 3.21. The van der Waals surface area contributed by atoms with Crippen molar-refractivity contribution in [3.8, 4) is 0 Å². The molecule has 2 fully saturated rings. The summed E-state index contributed by atoms with van der Waals surface area (Å²) in [4.78, 5) is 12.8. The quantitative estimate of drug-likeness (QED) is 0.894. The van der Waals surface area contributed by atoms with Crippen LogP contribution in [0.2, 0.25) is 0 Å². The van der Waals surface area contributed by atoms with E-state index in [2.05, 4.69) is 41.8 Å². The molecule has 2 atom stereocenters. The van der Waals surface area contributed by atoms with Crippen LogP contribution in [0.5, 0.6) is 0 Å². The van der Waals surface area contributed by atoms with Gasteiger partial charge < -0.3 is 10.6 Å². The van der Waals surface area contributed by atoms with Crippen LogP contribution in [0.1, 0.15) is 44.6 Å². The van der Waals surface area contributed by atoms with Crippen molar-refractivity contribution in [3.63, 3.8) is 0 Å². The summed E-state index contributed by atoms with van der Waals surface area (Å²) in [5.41, 5.74) is 1.14. The Morgan fingerprint density at radius 2 is 2.05 bits per heavy atom. The molecule has 1 saturated heterocycles. The average Bonchev–Trinajstić information content (AvgIpc) is 2.44. The maximum absolute atomic E-state index is 12.8. The topological polar surface area (TPSA) is 41.1 Å². The Balaban J connectivity index is 0.00000176. The molecule has 2 N–H and O–H groups in total. The average molecular weight is 323 g/mol. The highest BCUT2D eigenvalue weighted by atomic mass is 35.5. The number of hydrogen-bond acceptors (Lipinski definition) is 2. The first-order valence-electron chi connectivity index (χ1n) is 8.26. The van der Waals surface area contributed by atoms with Gasteiger partial charge in [-0.25, -0.2) is 0 Å². The van der Waals surface area contributed by atoms with Crippen LogP contribution in [0.4, 0.5) is 0 Å². The van der Waals surface area contributed by atoms with E-state index < -0.39 is 0 Å². The van der Waals surface area contributed by atoms with E-state index in [1.165, 1.54) is 12.0 Å². The molecule has 3 nitrogen and oxygen atoms in total. The molecule has 122 valence electrons. The molecule has 1 aliphatic heterocycles. The van der Waals surface area contributed by atoms with Crippen molar-refractivity contribution >= 4 is 18.3 Å². The highest BCUT2D eigenvalue weighted by Gasteiger charge is 2.44. The van der Waals surface area contributed by atoms with Gasteiger partial charge in [-0.3, -0.25) is 4.79 Å². The predicted octanol–water partition coefficient (Wildman–Crippen LogP) is 3.08. The Hall–Kier alpha value is -1.06. The molecule has 1 amide bonds. The Morgan fingerprint density at radius 1 is 1.32 bits per heavy atom. The minimum atomic E-state index is -0.143. The van der Waals surface area contributed by atoms with Crippen molar-refractivity contribution in [2.75, 3.05) is 6.54 Å². The number of benzene rings is 1. The molecule has 1 aliphatic carbocycles. The lowest BCUT2D eigenvalue weighted by Crippen LogP contribution is -2.53.